The molecule has 3 N–H and O–H groups in total. The maximum absolute atomic E-state index is 14.2. The number of aromatic amines is 1. The molecule has 0 spiro atoms. The molecule has 7 nitrogen and oxygen atoms in total. The summed E-state index contributed by atoms with van der Waals surface area (Å²) in [6, 6.07) is 6.64. The van der Waals surface area contributed by atoms with Crippen LogP contribution in [0.5, 0.6) is 0 Å². The van der Waals surface area contributed by atoms with Crippen LogP contribution in [0.15, 0.2) is 30.6 Å². The van der Waals surface area contributed by atoms with Gasteiger partial charge >= 0.3 is 0 Å². The Hall–Kier alpha value is -2.74. The van der Waals surface area contributed by atoms with Gasteiger partial charge in [-0.15, -0.1) is 0 Å². The molecule has 2 aromatic heterocycles. The molecule has 2 aliphatic heterocycles. The molecule has 4 heterocycles. The van der Waals surface area contributed by atoms with Gasteiger partial charge in [-0.1, -0.05) is 0 Å². The zero-order chi connectivity index (χ0) is 16.8. The van der Waals surface area contributed by atoms with Crippen molar-refractivity contribution in [2.24, 2.45) is 0 Å². The van der Waals surface area contributed by atoms with Crippen LogP contribution < -0.4 is 15.5 Å². The van der Waals surface area contributed by atoms with Gasteiger partial charge in [-0.25, -0.2) is 9.37 Å². The van der Waals surface area contributed by atoms with Crippen molar-refractivity contribution in [1.82, 2.24) is 25.5 Å². The highest BCUT2D eigenvalue weighted by atomic mass is 19.1. The monoisotopic (exact) mass is 339 g/mol. The van der Waals surface area contributed by atoms with Gasteiger partial charge in [0.2, 0.25) is 5.95 Å². The average molecular weight is 339 g/mol. The van der Waals surface area contributed by atoms with Crippen LogP contribution in [0.3, 0.4) is 0 Å². The maximum atomic E-state index is 14.2. The fraction of sp³-hybridized carbons (Fsp3) is 0.353. The largest absolute Gasteiger partial charge is 0.338 e. The summed E-state index contributed by atoms with van der Waals surface area (Å²) in [5.74, 6) is 0.305. The van der Waals surface area contributed by atoms with Crippen molar-refractivity contribution in [3.63, 3.8) is 0 Å². The van der Waals surface area contributed by atoms with Gasteiger partial charge in [0.25, 0.3) is 0 Å². The molecule has 25 heavy (non-hydrogen) atoms. The lowest BCUT2D eigenvalue weighted by atomic mass is 10.2. The summed E-state index contributed by atoms with van der Waals surface area (Å²) in [7, 11) is 0. The van der Waals surface area contributed by atoms with Crippen LogP contribution in [-0.2, 0) is 0 Å². The first kappa shape index (κ1) is 14.6. The fourth-order valence-electron chi connectivity index (χ4n) is 3.72. The van der Waals surface area contributed by atoms with Crippen LogP contribution in [-0.4, -0.2) is 45.3 Å². The summed E-state index contributed by atoms with van der Waals surface area (Å²) in [6.07, 6.45) is 5.33. The van der Waals surface area contributed by atoms with Gasteiger partial charge in [0.1, 0.15) is 0 Å². The van der Waals surface area contributed by atoms with Crippen LogP contribution in [0.4, 0.5) is 21.8 Å². The molecule has 3 aromatic rings. The van der Waals surface area contributed by atoms with E-state index < -0.39 is 5.82 Å². The number of nitrogens with zero attached hydrogens (tertiary/aromatic N) is 4. The van der Waals surface area contributed by atoms with E-state index in [4.69, 9.17) is 0 Å². The predicted molar refractivity (Wildman–Crippen MR) is 93.5 cm³/mol. The van der Waals surface area contributed by atoms with Crippen molar-refractivity contribution in [2.45, 2.75) is 24.9 Å². The van der Waals surface area contributed by atoms with Crippen molar-refractivity contribution >= 4 is 28.4 Å². The number of piperazine rings is 1. The number of fused-ring (bicyclic) bond motifs is 3. The minimum atomic E-state index is -0.464. The second-order valence-electron chi connectivity index (χ2n) is 6.71. The van der Waals surface area contributed by atoms with Gasteiger partial charge in [-0.3, -0.25) is 5.10 Å². The number of halogens is 1. The van der Waals surface area contributed by atoms with E-state index in [1.165, 1.54) is 19.0 Å². The first-order valence-corrected chi connectivity index (χ1v) is 8.48. The van der Waals surface area contributed by atoms with E-state index in [9.17, 15) is 4.39 Å². The van der Waals surface area contributed by atoms with E-state index in [-0.39, 0.29) is 5.82 Å². The second-order valence-corrected chi connectivity index (χ2v) is 6.71. The molecule has 0 radical (unpaired) electrons. The number of hydrogen-bond donors (Lipinski definition) is 3. The highest BCUT2D eigenvalue weighted by Crippen LogP contribution is 2.26. The van der Waals surface area contributed by atoms with E-state index in [1.807, 2.05) is 18.2 Å². The average Bonchev–Trinajstić information content (AvgIpc) is 3.22. The van der Waals surface area contributed by atoms with E-state index in [0.717, 1.165) is 29.7 Å². The number of benzene rings is 1. The van der Waals surface area contributed by atoms with E-state index in [0.29, 0.717) is 18.0 Å². The van der Waals surface area contributed by atoms with Crippen LogP contribution in [0.1, 0.15) is 12.8 Å². The summed E-state index contributed by atoms with van der Waals surface area (Å²) in [5.41, 5.74) is 1.70. The first-order valence-electron chi connectivity index (χ1n) is 8.48. The number of nitrogens with one attached hydrogen (secondary N) is 3. The maximum Gasteiger partial charge on any atom is 0.227 e. The van der Waals surface area contributed by atoms with E-state index >= 15 is 0 Å². The molecule has 0 amide bonds. The van der Waals surface area contributed by atoms with Crippen LogP contribution in [0.25, 0.3) is 10.9 Å². The van der Waals surface area contributed by atoms with Crippen LogP contribution in [0, 0.1) is 5.82 Å². The number of anilines is 3. The molecule has 2 aliphatic rings. The summed E-state index contributed by atoms with van der Waals surface area (Å²) in [4.78, 5) is 10.8. The highest BCUT2D eigenvalue weighted by molar-refractivity contribution is 5.82. The summed E-state index contributed by atoms with van der Waals surface area (Å²) < 4.78 is 14.2. The lowest BCUT2D eigenvalue weighted by Gasteiger charge is -2.32. The normalized spacial score (nSPS) is 22.5. The first-order chi connectivity index (χ1) is 12.2. The molecule has 1 aromatic carbocycles. The topological polar surface area (TPSA) is 81.8 Å². The van der Waals surface area contributed by atoms with Crippen LogP contribution >= 0.6 is 0 Å². The number of hydrogen-bond acceptors (Lipinski definition) is 6. The third-order valence-electron chi connectivity index (χ3n) is 4.93. The number of rotatable bonds is 3. The molecule has 128 valence electrons. The Morgan fingerprint density at radius 1 is 1.16 bits per heavy atom. The molecule has 5 rings (SSSR count). The SMILES string of the molecule is Fc1cnc(N2CC3CCC(C2)N3)nc1Nc1ccc2[nH]ncc2c1. The van der Waals surface area contributed by atoms with Crippen molar-refractivity contribution in [1.29, 1.82) is 0 Å². The van der Waals surface area contributed by atoms with Crippen molar-refractivity contribution in [2.75, 3.05) is 23.3 Å². The lowest BCUT2D eigenvalue weighted by Crippen LogP contribution is -2.51. The van der Waals surface area contributed by atoms with E-state index in [2.05, 4.69) is 35.7 Å². The molecule has 0 saturated carbocycles. The Kier molecular flexibility index (Phi) is 3.30. The quantitative estimate of drug-likeness (QED) is 0.678. The highest BCUT2D eigenvalue weighted by Gasteiger charge is 2.33. The number of aromatic nitrogens is 4. The van der Waals surface area contributed by atoms with E-state index in [1.54, 1.807) is 6.20 Å². The summed E-state index contributed by atoms with van der Waals surface area (Å²) in [6.45, 7) is 1.73. The third kappa shape index (κ3) is 2.68. The fourth-order valence-corrected chi connectivity index (χ4v) is 3.72. The number of H-pyrrole nitrogens is 1. The Bertz CT molecular complexity index is 912. The van der Waals surface area contributed by atoms with Gasteiger partial charge in [0, 0.05) is 36.2 Å². The minimum absolute atomic E-state index is 0.193. The molecular weight excluding hydrogens is 321 g/mol. The van der Waals surface area contributed by atoms with Gasteiger partial charge in [-0.05, 0) is 31.0 Å². The van der Waals surface area contributed by atoms with Gasteiger partial charge in [-0.2, -0.15) is 10.1 Å². The van der Waals surface area contributed by atoms with Gasteiger partial charge < -0.3 is 15.5 Å². The Morgan fingerprint density at radius 3 is 2.84 bits per heavy atom. The predicted octanol–water partition coefficient (Wildman–Crippen LogP) is 2.18. The Morgan fingerprint density at radius 2 is 2.00 bits per heavy atom. The molecule has 0 aliphatic carbocycles. The molecule has 2 saturated heterocycles. The van der Waals surface area contributed by atoms with Crippen molar-refractivity contribution < 1.29 is 4.39 Å². The standard InChI is InChI=1S/C17H18FN7/c18-14-7-19-17(25-8-12-1-2-13(9-25)21-12)23-16(14)22-11-3-4-15-10(5-11)6-20-24-15/h3-7,12-13,21H,1-2,8-9H2,(H,20,24)(H,19,22,23). The summed E-state index contributed by atoms with van der Waals surface area (Å²) in [5, 5.41) is 14.5. The van der Waals surface area contributed by atoms with Gasteiger partial charge in [0.05, 0.1) is 17.9 Å². The lowest BCUT2D eigenvalue weighted by molar-refractivity contribution is 0.460. The molecular formula is C17H18FN7. The molecule has 8 heteroatoms. The minimum Gasteiger partial charge on any atom is -0.338 e. The smallest absolute Gasteiger partial charge is 0.227 e. The van der Waals surface area contributed by atoms with Gasteiger partial charge in [0.15, 0.2) is 11.6 Å². The Labute approximate surface area is 143 Å². The molecule has 2 bridgehead atoms. The third-order valence-corrected chi connectivity index (χ3v) is 4.93. The molecule has 2 atom stereocenters. The zero-order valence-electron chi connectivity index (χ0n) is 13.5. The summed E-state index contributed by atoms with van der Waals surface area (Å²) >= 11 is 0. The molecule has 2 unspecified atom stereocenters. The second kappa shape index (κ2) is 5.66. The van der Waals surface area contributed by atoms with Crippen LogP contribution in [0.2, 0.25) is 0 Å². The van der Waals surface area contributed by atoms with Crippen molar-refractivity contribution in [3.05, 3.63) is 36.4 Å². The molecule has 2 fully saturated rings. The van der Waals surface area contributed by atoms with Crippen molar-refractivity contribution in [3.8, 4) is 0 Å². The zero-order valence-corrected chi connectivity index (χ0v) is 13.5. The Balaban J connectivity index is 1.42.